The summed E-state index contributed by atoms with van der Waals surface area (Å²) in [5.41, 5.74) is 3.68. The summed E-state index contributed by atoms with van der Waals surface area (Å²) >= 11 is 0. The number of benzene rings is 2. The number of carbonyl (C=O) groups excluding carboxylic acids is 2. The third-order valence-electron chi connectivity index (χ3n) is 7.43. The van der Waals surface area contributed by atoms with Crippen LogP contribution in [0.2, 0.25) is 0 Å². The van der Waals surface area contributed by atoms with E-state index in [1.807, 2.05) is 0 Å². The number of hydrogen-bond donors (Lipinski definition) is 10. The second-order valence-corrected chi connectivity index (χ2v) is 11.0. The zero-order chi connectivity index (χ0) is 40.2. The van der Waals surface area contributed by atoms with Gasteiger partial charge in [-0.05, 0) is 70.8 Å². The molecule has 0 radical (unpaired) electrons. The Morgan fingerprint density at radius 3 is 0.927 bits per heavy atom. The molecule has 294 valence electrons. The minimum atomic E-state index is -0.452. The molecule has 0 atom stereocenters. The van der Waals surface area contributed by atoms with E-state index in [9.17, 15) is 60.7 Å². The van der Waals surface area contributed by atoms with Gasteiger partial charge in [-0.1, -0.05) is 0 Å². The normalized spacial score (nSPS) is 14.0. The maximum atomic E-state index is 11.8. The van der Waals surface area contributed by atoms with E-state index < -0.39 is 38.0 Å². The number of ketones is 2. The number of hydrogen-bond acceptors (Lipinski definition) is 18. The second-order valence-electron chi connectivity index (χ2n) is 11.0. The van der Waals surface area contributed by atoms with E-state index in [4.69, 9.17) is 9.93 Å². The first-order chi connectivity index (χ1) is 26.1. The molecule has 0 aliphatic heterocycles. The average molecular weight is 769 g/mol. The predicted molar refractivity (Wildman–Crippen MR) is 197 cm³/mol. The molecule has 19 nitrogen and oxygen atoms in total. The number of aromatic hydroxyl groups is 2. The van der Waals surface area contributed by atoms with Crippen LogP contribution in [-0.2, 0) is 36.0 Å². The van der Waals surface area contributed by atoms with Crippen molar-refractivity contribution in [2.75, 3.05) is 26.4 Å². The first-order valence-electron chi connectivity index (χ1n) is 15.6. The number of aliphatic hydroxyl groups is 8. The fraction of sp³-hybridized carbons (Fsp3) is 0.222. The summed E-state index contributed by atoms with van der Waals surface area (Å²) < 4.78 is 0. The van der Waals surface area contributed by atoms with Crippen LogP contribution in [0, 0.1) is 9.93 Å². The average Bonchev–Trinajstić information content (AvgIpc) is 3.20. The van der Waals surface area contributed by atoms with E-state index >= 15 is 0 Å². The minimum Gasteiger partial charge on any atom is -0.507 e. The largest absolute Gasteiger partial charge is 0.507 e. The van der Waals surface area contributed by atoms with Crippen molar-refractivity contribution in [3.8, 4) is 11.5 Å². The van der Waals surface area contributed by atoms with E-state index in [1.165, 1.54) is 73.4 Å². The van der Waals surface area contributed by atoms with Crippen LogP contribution in [0.5, 0.6) is 11.5 Å². The van der Waals surface area contributed by atoms with Gasteiger partial charge in [0.15, 0.2) is 11.6 Å². The SMILES string of the molecule is O.O=C1C(CO)=CC(=CN=NC=C2C=C(CO)C(=O)C(CO)=C2)C=C1CO.O=O.OCc1cc(C=NN=Cc2cc(CO)c(O)c(CO)c2)cc(CO)c1O. The van der Waals surface area contributed by atoms with Crippen molar-refractivity contribution < 1.29 is 66.1 Å². The van der Waals surface area contributed by atoms with Crippen LogP contribution in [0.3, 0.4) is 0 Å². The van der Waals surface area contributed by atoms with E-state index in [1.54, 1.807) is 0 Å². The van der Waals surface area contributed by atoms with E-state index in [-0.39, 0.29) is 87.9 Å². The Bertz CT molecular complexity index is 1720. The molecule has 55 heavy (non-hydrogen) atoms. The molecule has 12 N–H and O–H groups in total. The van der Waals surface area contributed by atoms with Crippen molar-refractivity contribution in [2.24, 2.45) is 20.4 Å². The van der Waals surface area contributed by atoms with Crippen molar-refractivity contribution in [1.82, 2.24) is 0 Å². The number of azo groups is 1. The molecule has 0 heterocycles. The number of aliphatic hydroxyl groups excluding tert-OH is 8. The molecule has 0 bridgehead atoms. The summed E-state index contributed by atoms with van der Waals surface area (Å²) in [6.45, 7) is -3.34. The highest BCUT2D eigenvalue weighted by Gasteiger charge is 2.20. The third-order valence-corrected chi connectivity index (χ3v) is 7.43. The number of nitrogens with zero attached hydrogens (tertiary/aromatic N) is 4. The van der Waals surface area contributed by atoms with E-state index in [0.29, 0.717) is 22.3 Å². The summed E-state index contributed by atoms with van der Waals surface area (Å²) in [5.74, 6) is -1.15. The lowest BCUT2D eigenvalue weighted by atomic mass is 9.95. The first kappa shape index (κ1) is 47.0. The quantitative estimate of drug-likeness (QED) is 0.0717. The highest BCUT2D eigenvalue weighted by Crippen LogP contribution is 2.26. The van der Waals surface area contributed by atoms with Gasteiger partial charge >= 0.3 is 0 Å². The fourth-order valence-corrected chi connectivity index (χ4v) is 4.79. The summed E-state index contributed by atoms with van der Waals surface area (Å²) in [4.78, 5) is 37.6. The topological polar surface area (TPSA) is 352 Å². The summed E-state index contributed by atoms with van der Waals surface area (Å²) in [5, 5.41) is 109. The van der Waals surface area contributed by atoms with E-state index in [0.717, 1.165) is 0 Å². The van der Waals surface area contributed by atoms with Gasteiger partial charge in [-0.3, -0.25) is 9.59 Å². The molecule has 4 rings (SSSR count). The molecule has 0 amide bonds. The Kier molecular flexibility index (Phi) is 20.8. The summed E-state index contributed by atoms with van der Waals surface area (Å²) in [6, 6.07) is 6.06. The number of allylic oxidation sites excluding steroid dienone is 6. The van der Waals surface area contributed by atoms with Crippen LogP contribution in [0.4, 0.5) is 0 Å². The Balaban J connectivity index is 0.000000517. The van der Waals surface area contributed by atoms with E-state index in [2.05, 4.69) is 20.4 Å². The first-order valence-corrected chi connectivity index (χ1v) is 15.6. The van der Waals surface area contributed by atoms with Crippen molar-refractivity contribution in [3.05, 3.63) is 138 Å². The van der Waals surface area contributed by atoms with Crippen LogP contribution in [0.1, 0.15) is 33.4 Å². The summed E-state index contributed by atoms with van der Waals surface area (Å²) in [6.07, 6.45) is 11.2. The van der Waals surface area contributed by atoms with Gasteiger partial charge in [0.2, 0.25) is 0 Å². The molecule has 2 aliphatic rings. The Morgan fingerprint density at radius 1 is 0.455 bits per heavy atom. The van der Waals surface area contributed by atoms with Gasteiger partial charge in [0.1, 0.15) is 11.5 Å². The number of Topliss-reactive ketones (excluding diaryl/α,β-unsaturated/α-hetero) is 2. The number of phenols is 2. The molecule has 0 spiro atoms. The molecule has 2 aromatic rings. The van der Waals surface area contributed by atoms with Gasteiger partial charge < -0.3 is 56.5 Å². The van der Waals surface area contributed by atoms with Crippen LogP contribution in [0.15, 0.2) is 115 Å². The number of carbonyl (C=O) groups is 2. The Labute approximate surface area is 312 Å². The molecule has 0 saturated heterocycles. The van der Waals surface area contributed by atoms with Gasteiger partial charge in [-0.25, -0.2) is 0 Å². The van der Waals surface area contributed by atoms with Crippen LogP contribution < -0.4 is 0 Å². The zero-order valence-electron chi connectivity index (χ0n) is 29.0. The van der Waals surface area contributed by atoms with Crippen molar-refractivity contribution in [3.63, 3.8) is 0 Å². The molecule has 0 aromatic heterocycles. The molecule has 0 fully saturated rings. The van der Waals surface area contributed by atoms with Crippen molar-refractivity contribution in [1.29, 1.82) is 0 Å². The lowest BCUT2D eigenvalue weighted by molar-refractivity contribution is -0.113. The smallest absolute Gasteiger partial charge is 0.189 e. The predicted octanol–water partition coefficient (Wildman–Crippen LogP) is -0.191. The zero-order valence-corrected chi connectivity index (χ0v) is 29.0. The van der Waals surface area contributed by atoms with Crippen molar-refractivity contribution >= 4 is 24.0 Å². The fourth-order valence-electron chi connectivity index (χ4n) is 4.79. The molecular weight excluding hydrogens is 728 g/mol. The van der Waals surface area contributed by atoms with Gasteiger partial charge in [-0.2, -0.15) is 20.4 Å². The Morgan fingerprint density at radius 2 is 0.709 bits per heavy atom. The highest BCUT2D eigenvalue weighted by molar-refractivity contribution is 6.11. The lowest BCUT2D eigenvalue weighted by Crippen LogP contribution is -2.16. The Hall–Kier alpha value is -6.00. The second kappa shape index (κ2) is 24.3. The molecule has 2 aromatic carbocycles. The number of rotatable bonds is 13. The maximum Gasteiger partial charge on any atom is 0.189 e. The summed E-state index contributed by atoms with van der Waals surface area (Å²) in [7, 11) is 0. The monoisotopic (exact) mass is 768 g/mol. The maximum absolute atomic E-state index is 11.8. The lowest BCUT2D eigenvalue weighted by Gasteiger charge is -2.12. The molecule has 0 saturated carbocycles. The third kappa shape index (κ3) is 13.1. The highest BCUT2D eigenvalue weighted by atomic mass is 16.7. The molecule has 2 aliphatic carbocycles. The van der Waals surface area contributed by atoms with Crippen molar-refractivity contribution in [2.45, 2.75) is 26.4 Å². The van der Waals surface area contributed by atoms with Crippen LogP contribution in [-0.4, -0.2) is 107 Å². The van der Waals surface area contributed by atoms with Gasteiger partial charge in [0.25, 0.3) is 0 Å². The van der Waals surface area contributed by atoms with Gasteiger partial charge in [-0.15, -0.1) is 0 Å². The van der Waals surface area contributed by atoms with Crippen LogP contribution >= 0.6 is 0 Å². The minimum absolute atomic E-state index is 0. The molecule has 0 unspecified atom stereocenters. The van der Waals surface area contributed by atoms with Gasteiger partial charge in [0, 0.05) is 54.5 Å². The molecular formula is C36H40N4O15. The van der Waals surface area contributed by atoms with Gasteiger partial charge in [0.05, 0.1) is 77.7 Å². The van der Waals surface area contributed by atoms with Crippen LogP contribution in [0.25, 0.3) is 0 Å². The standard InChI is InChI=1S/C18H20N2O6.C18H18N2O6.O2.H2O/c2*21-7-13-1-11(2-14(8-22)17(13)25)5-19-20-6-12-3-15(9-23)18(26)16(4-12)10-24;1-2;/h1-6,21-26H,7-10H2;1-6,21-24H,7-10H2;;1H2. The molecule has 19 heteroatoms.